The van der Waals surface area contributed by atoms with E-state index in [0.717, 1.165) is 55.0 Å². The Bertz CT molecular complexity index is 1130. The number of nitrogens with zero attached hydrogens (tertiary/aromatic N) is 4. The number of carbonyl (C=O) groups is 1. The number of methoxy groups -OCH3 is 1. The lowest BCUT2D eigenvalue weighted by Gasteiger charge is -2.24. The van der Waals surface area contributed by atoms with E-state index >= 15 is 0 Å². The molecule has 3 rings (SSSR count). The van der Waals surface area contributed by atoms with E-state index < -0.39 is 0 Å². The summed E-state index contributed by atoms with van der Waals surface area (Å²) >= 11 is 0. The van der Waals surface area contributed by atoms with E-state index in [1.165, 1.54) is 18.3 Å². The first-order valence-corrected chi connectivity index (χ1v) is 13.5. The van der Waals surface area contributed by atoms with Gasteiger partial charge in [0.2, 0.25) is 0 Å². The maximum Gasteiger partial charge on any atom is 0.332 e. The minimum absolute atomic E-state index is 0.283. The number of benzene rings is 2. The summed E-state index contributed by atoms with van der Waals surface area (Å²) in [6, 6.07) is 15.6. The van der Waals surface area contributed by atoms with E-state index in [-0.39, 0.29) is 6.03 Å². The van der Waals surface area contributed by atoms with Crippen LogP contribution in [0.5, 0.6) is 0 Å². The Kier molecular flexibility index (Phi) is 11.5. The van der Waals surface area contributed by atoms with Gasteiger partial charge in [0.15, 0.2) is 0 Å². The molecule has 8 heteroatoms. The molecule has 8 nitrogen and oxygen atoms in total. The zero-order chi connectivity index (χ0) is 27.3. The highest BCUT2D eigenvalue weighted by Crippen LogP contribution is 2.28. The third kappa shape index (κ3) is 8.26. The number of amides is 2. The molecule has 38 heavy (non-hydrogen) atoms. The van der Waals surface area contributed by atoms with Gasteiger partial charge in [-0.25, -0.2) is 19.7 Å². The fourth-order valence-corrected chi connectivity index (χ4v) is 4.44. The van der Waals surface area contributed by atoms with Crippen LogP contribution in [0, 0.1) is 13.8 Å². The zero-order valence-electron chi connectivity index (χ0n) is 23.5. The molecular formula is C30H42N6O2. The van der Waals surface area contributed by atoms with E-state index in [1.54, 1.807) is 18.1 Å². The number of nitrogens with one attached hydrogen (secondary N) is 2. The molecule has 1 heterocycles. The van der Waals surface area contributed by atoms with E-state index in [0.29, 0.717) is 24.8 Å². The fraction of sp³-hybridized carbons (Fsp3) is 0.433. The number of ether oxygens (including phenoxy) is 1. The van der Waals surface area contributed by atoms with Crippen molar-refractivity contribution in [2.24, 2.45) is 0 Å². The summed E-state index contributed by atoms with van der Waals surface area (Å²) in [7, 11) is 1.65. The highest BCUT2D eigenvalue weighted by molar-refractivity contribution is 6.07. The number of hydrogen-bond donors (Lipinski definition) is 2. The quantitative estimate of drug-likeness (QED) is 0.248. The van der Waals surface area contributed by atoms with Gasteiger partial charge in [-0.15, -0.1) is 0 Å². The van der Waals surface area contributed by atoms with Gasteiger partial charge in [0, 0.05) is 25.4 Å². The van der Waals surface area contributed by atoms with Gasteiger partial charge >= 0.3 is 6.03 Å². The molecule has 2 N–H and O–H groups in total. The summed E-state index contributed by atoms with van der Waals surface area (Å²) in [6.07, 6.45) is 4.74. The zero-order valence-corrected chi connectivity index (χ0v) is 23.5. The average molecular weight is 519 g/mol. The van der Waals surface area contributed by atoms with Gasteiger partial charge in [0.1, 0.15) is 18.0 Å². The number of aromatic nitrogens is 2. The minimum Gasteiger partial charge on any atom is -0.383 e. The second-order valence-corrected chi connectivity index (χ2v) is 9.42. The van der Waals surface area contributed by atoms with Crippen LogP contribution >= 0.6 is 0 Å². The first-order valence-electron chi connectivity index (χ1n) is 13.5. The van der Waals surface area contributed by atoms with Crippen LogP contribution < -0.4 is 15.5 Å². The molecule has 3 aromatic rings. The monoisotopic (exact) mass is 518 g/mol. The molecule has 0 aliphatic heterocycles. The van der Waals surface area contributed by atoms with Gasteiger partial charge in [-0.05, 0) is 81.6 Å². The van der Waals surface area contributed by atoms with Gasteiger partial charge in [-0.1, -0.05) is 44.2 Å². The standard InChI is InChI=1S/C30H42N6O2/c1-6-18-35(7-2)19-9-12-25-13-15-26(16-14-25)36(28-21-27(32-22-33-28)31-17-20-38-5)30(37)34-29-23(3)10-8-11-24(29)4/h8,10-11,13-16,21-22H,6-7,9,12,17-20H2,1-5H3,(H,34,37)(H,31,32,33). The van der Waals surface area contributed by atoms with Crippen molar-refractivity contribution in [3.8, 4) is 0 Å². The van der Waals surface area contributed by atoms with Crippen LogP contribution in [0.15, 0.2) is 54.9 Å². The highest BCUT2D eigenvalue weighted by Gasteiger charge is 2.21. The molecule has 2 aromatic carbocycles. The van der Waals surface area contributed by atoms with Crippen molar-refractivity contribution >= 4 is 29.0 Å². The van der Waals surface area contributed by atoms with Crippen LogP contribution in [0.1, 0.15) is 43.4 Å². The predicted octanol–water partition coefficient (Wildman–Crippen LogP) is 6.19. The number of urea groups is 1. The Hall–Kier alpha value is -3.49. The van der Waals surface area contributed by atoms with Gasteiger partial charge in [-0.2, -0.15) is 0 Å². The van der Waals surface area contributed by atoms with E-state index in [9.17, 15) is 4.79 Å². The second-order valence-electron chi connectivity index (χ2n) is 9.42. The van der Waals surface area contributed by atoms with Crippen molar-refractivity contribution in [2.75, 3.05) is 55.4 Å². The van der Waals surface area contributed by atoms with Crippen LogP contribution in [0.25, 0.3) is 0 Å². The van der Waals surface area contributed by atoms with Gasteiger partial charge < -0.3 is 20.3 Å². The molecule has 0 unspecified atom stereocenters. The summed E-state index contributed by atoms with van der Waals surface area (Å²) in [5.41, 5.74) is 4.80. The summed E-state index contributed by atoms with van der Waals surface area (Å²) in [5.74, 6) is 1.11. The molecule has 0 spiro atoms. The summed E-state index contributed by atoms with van der Waals surface area (Å²) < 4.78 is 5.13. The Morgan fingerprint density at radius 1 is 1.00 bits per heavy atom. The number of carbonyl (C=O) groups excluding carboxylic acids is 1. The van der Waals surface area contributed by atoms with Crippen LogP contribution in [-0.2, 0) is 11.2 Å². The van der Waals surface area contributed by atoms with E-state index in [4.69, 9.17) is 4.74 Å². The summed E-state index contributed by atoms with van der Waals surface area (Å²) in [4.78, 5) is 26.6. The molecule has 0 aliphatic carbocycles. The van der Waals surface area contributed by atoms with Crippen molar-refractivity contribution < 1.29 is 9.53 Å². The number of hydrogen-bond acceptors (Lipinski definition) is 6. The lowest BCUT2D eigenvalue weighted by molar-refractivity contribution is 0.210. The van der Waals surface area contributed by atoms with Crippen molar-refractivity contribution in [3.05, 3.63) is 71.5 Å². The Balaban J connectivity index is 1.84. The van der Waals surface area contributed by atoms with Crippen molar-refractivity contribution in [1.29, 1.82) is 0 Å². The fourth-order valence-electron chi connectivity index (χ4n) is 4.44. The largest absolute Gasteiger partial charge is 0.383 e. The first-order chi connectivity index (χ1) is 18.5. The highest BCUT2D eigenvalue weighted by atomic mass is 16.5. The molecule has 0 fully saturated rings. The summed E-state index contributed by atoms with van der Waals surface area (Å²) in [5, 5.41) is 6.32. The molecule has 2 amide bonds. The molecule has 0 radical (unpaired) electrons. The first kappa shape index (κ1) is 29.1. The SMILES string of the molecule is CCCN(CC)CCCc1ccc(N(C(=O)Nc2c(C)cccc2C)c2cc(NCCOC)ncn2)cc1. The number of aryl methyl sites for hydroxylation is 3. The minimum atomic E-state index is -0.283. The number of rotatable bonds is 14. The third-order valence-electron chi connectivity index (χ3n) is 6.53. The molecule has 0 saturated carbocycles. The molecular weight excluding hydrogens is 476 g/mol. The third-order valence-corrected chi connectivity index (χ3v) is 6.53. The number of anilines is 4. The molecule has 0 saturated heterocycles. The van der Waals surface area contributed by atoms with Crippen molar-refractivity contribution in [2.45, 2.75) is 47.0 Å². The lowest BCUT2D eigenvalue weighted by Crippen LogP contribution is -2.32. The lowest BCUT2D eigenvalue weighted by atomic mass is 10.1. The van der Waals surface area contributed by atoms with Gasteiger partial charge in [0.25, 0.3) is 0 Å². The predicted molar refractivity (Wildman–Crippen MR) is 157 cm³/mol. The second kappa shape index (κ2) is 15.1. The van der Waals surface area contributed by atoms with Crippen LogP contribution in [0.2, 0.25) is 0 Å². The van der Waals surface area contributed by atoms with Gasteiger partial charge in [-0.3, -0.25) is 0 Å². The molecule has 0 aliphatic rings. The molecule has 0 atom stereocenters. The maximum absolute atomic E-state index is 13.7. The summed E-state index contributed by atoms with van der Waals surface area (Å²) in [6.45, 7) is 12.9. The Morgan fingerprint density at radius 2 is 1.74 bits per heavy atom. The van der Waals surface area contributed by atoms with E-state index in [2.05, 4.69) is 51.5 Å². The Labute approximate surface area is 227 Å². The molecule has 0 bridgehead atoms. The van der Waals surface area contributed by atoms with Crippen LogP contribution in [-0.4, -0.2) is 60.8 Å². The maximum atomic E-state index is 13.7. The molecule has 204 valence electrons. The van der Waals surface area contributed by atoms with Crippen molar-refractivity contribution in [3.63, 3.8) is 0 Å². The topological polar surface area (TPSA) is 82.6 Å². The van der Waals surface area contributed by atoms with Crippen LogP contribution in [0.3, 0.4) is 0 Å². The van der Waals surface area contributed by atoms with Crippen LogP contribution in [0.4, 0.5) is 27.8 Å². The molecule has 1 aromatic heterocycles. The normalized spacial score (nSPS) is 11.0. The van der Waals surface area contributed by atoms with Crippen molar-refractivity contribution in [1.82, 2.24) is 14.9 Å². The Morgan fingerprint density at radius 3 is 2.39 bits per heavy atom. The smallest absolute Gasteiger partial charge is 0.332 e. The average Bonchev–Trinajstić information content (AvgIpc) is 2.92. The van der Waals surface area contributed by atoms with E-state index in [1.807, 2.05) is 44.2 Å². The van der Waals surface area contributed by atoms with Gasteiger partial charge in [0.05, 0.1) is 12.3 Å². The number of para-hydroxylation sites is 1.